The van der Waals surface area contributed by atoms with Crippen molar-refractivity contribution in [2.75, 3.05) is 12.4 Å². The molecule has 20 heavy (non-hydrogen) atoms. The third kappa shape index (κ3) is 3.03. The second kappa shape index (κ2) is 5.31. The fourth-order valence-electron chi connectivity index (χ4n) is 3.20. The highest BCUT2D eigenvalue weighted by Crippen LogP contribution is 2.43. The zero-order valence-electron chi connectivity index (χ0n) is 12.5. The van der Waals surface area contributed by atoms with Crippen molar-refractivity contribution in [1.29, 1.82) is 0 Å². The number of anilines is 1. The molecule has 0 bridgehead atoms. The molecule has 1 saturated carbocycles. The van der Waals surface area contributed by atoms with Crippen molar-refractivity contribution >= 4 is 11.4 Å². The minimum absolute atomic E-state index is 0.0706. The van der Waals surface area contributed by atoms with E-state index in [0.29, 0.717) is 22.8 Å². The molecular formula is C15H22N2O3. The van der Waals surface area contributed by atoms with E-state index in [1.807, 2.05) is 0 Å². The molecule has 0 saturated heterocycles. The second-order valence-electron chi connectivity index (χ2n) is 6.44. The first-order valence-electron chi connectivity index (χ1n) is 6.91. The second-order valence-corrected chi connectivity index (χ2v) is 6.44. The molecule has 0 amide bonds. The summed E-state index contributed by atoms with van der Waals surface area (Å²) in [7, 11) is 1.51. The molecule has 1 aromatic rings. The molecule has 2 atom stereocenters. The maximum absolute atomic E-state index is 11.2. The topological polar surface area (TPSA) is 64.4 Å². The summed E-state index contributed by atoms with van der Waals surface area (Å²) in [4.78, 5) is 10.8. The van der Waals surface area contributed by atoms with Crippen molar-refractivity contribution in [1.82, 2.24) is 0 Å². The van der Waals surface area contributed by atoms with Crippen LogP contribution in [0.5, 0.6) is 5.75 Å². The smallest absolute Gasteiger partial charge is 0.296 e. The Bertz CT molecular complexity index is 514. The molecule has 1 fully saturated rings. The molecule has 0 radical (unpaired) electrons. The Morgan fingerprint density at radius 1 is 1.40 bits per heavy atom. The number of hydrogen-bond donors (Lipinski definition) is 1. The summed E-state index contributed by atoms with van der Waals surface area (Å²) in [6.07, 6.45) is 2.16. The Hall–Kier alpha value is -1.78. The van der Waals surface area contributed by atoms with E-state index in [2.05, 4.69) is 26.1 Å². The summed E-state index contributed by atoms with van der Waals surface area (Å²) in [5.74, 6) is 1.01. The van der Waals surface area contributed by atoms with Crippen LogP contribution in [-0.2, 0) is 0 Å². The van der Waals surface area contributed by atoms with Gasteiger partial charge in [-0.1, -0.05) is 20.8 Å². The molecule has 5 heteroatoms. The fourth-order valence-corrected chi connectivity index (χ4v) is 3.20. The first-order valence-corrected chi connectivity index (χ1v) is 6.91. The van der Waals surface area contributed by atoms with E-state index in [1.165, 1.54) is 13.2 Å². The van der Waals surface area contributed by atoms with Gasteiger partial charge in [0.15, 0.2) is 0 Å². The van der Waals surface area contributed by atoms with Crippen LogP contribution in [0.1, 0.15) is 33.6 Å². The molecular weight excluding hydrogens is 256 g/mol. The molecule has 2 rings (SSSR count). The monoisotopic (exact) mass is 278 g/mol. The van der Waals surface area contributed by atoms with E-state index in [9.17, 15) is 10.1 Å². The molecule has 0 aliphatic heterocycles. The summed E-state index contributed by atoms with van der Waals surface area (Å²) in [5.41, 5.74) is 0.935. The van der Waals surface area contributed by atoms with Crippen LogP contribution in [0.15, 0.2) is 18.2 Å². The van der Waals surface area contributed by atoms with Crippen LogP contribution in [0.25, 0.3) is 0 Å². The average molecular weight is 278 g/mol. The highest BCUT2D eigenvalue weighted by atomic mass is 16.6. The fraction of sp³-hybridized carbons (Fsp3) is 0.600. The predicted octanol–water partition coefficient (Wildman–Crippen LogP) is 3.84. The Morgan fingerprint density at radius 2 is 2.10 bits per heavy atom. The number of nitrogens with one attached hydrogen (secondary N) is 1. The quantitative estimate of drug-likeness (QED) is 0.671. The zero-order valence-corrected chi connectivity index (χ0v) is 12.5. The Morgan fingerprint density at radius 3 is 2.60 bits per heavy atom. The number of rotatable bonds is 4. The Kier molecular flexibility index (Phi) is 3.88. The van der Waals surface area contributed by atoms with Crippen molar-refractivity contribution < 1.29 is 9.66 Å². The number of ether oxygens (including phenoxy) is 1. The highest BCUT2D eigenvalue weighted by Gasteiger charge is 2.37. The Labute approximate surface area is 119 Å². The minimum atomic E-state index is -0.365. The van der Waals surface area contributed by atoms with Gasteiger partial charge in [-0.15, -0.1) is 0 Å². The molecule has 0 heterocycles. The third-order valence-corrected chi connectivity index (χ3v) is 4.08. The van der Waals surface area contributed by atoms with Gasteiger partial charge in [-0.25, -0.2) is 0 Å². The standard InChI is InChI=1S/C15H22N2O3/c1-10-8-15(2,3)9-13(10)16-12-6-5-11(20-4)7-14(12)17(18)19/h5-7,10,13,16H,8-9H2,1-4H3. The third-order valence-electron chi connectivity index (χ3n) is 4.08. The van der Waals surface area contributed by atoms with E-state index in [-0.39, 0.29) is 16.7 Å². The Balaban J connectivity index is 2.23. The molecule has 110 valence electrons. The summed E-state index contributed by atoms with van der Waals surface area (Å²) in [5, 5.41) is 14.5. The zero-order chi connectivity index (χ0) is 14.9. The number of benzene rings is 1. The molecule has 1 aliphatic rings. The van der Waals surface area contributed by atoms with Crippen LogP contribution in [0.4, 0.5) is 11.4 Å². The lowest BCUT2D eigenvalue weighted by molar-refractivity contribution is -0.384. The van der Waals surface area contributed by atoms with Crippen LogP contribution in [0.2, 0.25) is 0 Å². The van der Waals surface area contributed by atoms with Gasteiger partial charge in [-0.2, -0.15) is 0 Å². The van der Waals surface area contributed by atoms with Crippen molar-refractivity contribution in [3.8, 4) is 5.75 Å². The van der Waals surface area contributed by atoms with E-state index >= 15 is 0 Å². The lowest BCUT2D eigenvalue weighted by atomic mass is 9.91. The van der Waals surface area contributed by atoms with Crippen LogP contribution in [0.3, 0.4) is 0 Å². The largest absolute Gasteiger partial charge is 0.496 e. The number of nitro benzene ring substituents is 1. The van der Waals surface area contributed by atoms with E-state index in [4.69, 9.17) is 4.74 Å². The molecule has 0 spiro atoms. The van der Waals surface area contributed by atoms with Crippen molar-refractivity contribution in [3.63, 3.8) is 0 Å². The first-order chi connectivity index (χ1) is 9.32. The van der Waals surface area contributed by atoms with Gasteiger partial charge in [0.05, 0.1) is 18.1 Å². The van der Waals surface area contributed by atoms with Crippen molar-refractivity contribution in [3.05, 3.63) is 28.3 Å². The molecule has 2 unspecified atom stereocenters. The predicted molar refractivity (Wildman–Crippen MR) is 79.2 cm³/mol. The minimum Gasteiger partial charge on any atom is -0.496 e. The van der Waals surface area contributed by atoms with Gasteiger partial charge >= 0.3 is 0 Å². The van der Waals surface area contributed by atoms with Gasteiger partial charge in [0.2, 0.25) is 0 Å². The van der Waals surface area contributed by atoms with Gasteiger partial charge in [0.1, 0.15) is 11.4 Å². The highest BCUT2D eigenvalue weighted by molar-refractivity contribution is 5.64. The lowest BCUT2D eigenvalue weighted by Crippen LogP contribution is -2.23. The van der Waals surface area contributed by atoms with Crippen LogP contribution >= 0.6 is 0 Å². The van der Waals surface area contributed by atoms with Crippen LogP contribution in [0, 0.1) is 21.4 Å². The van der Waals surface area contributed by atoms with Gasteiger partial charge in [-0.3, -0.25) is 10.1 Å². The normalized spacial score (nSPS) is 24.4. The molecule has 5 nitrogen and oxygen atoms in total. The van der Waals surface area contributed by atoms with Crippen LogP contribution < -0.4 is 10.1 Å². The van der Waals surface area contributed by atoms with E-state index in [1.54, 1.807) is 12.1 Å². The number of nitro groups is 1. The molecule has 1 N–H and O–H groups in total. The van der Waals surface area contributed by atoms with Gasteiger partial charge < -0.3 is 10.1 Å². The maximum Gasteiger partial charge on any atom is 0.296 e. The van der Waals surface area contributed by atoms with E-state index in [0.717, 1.165) is 12.8 Å². The van der Waals surface area contributed by atoms with Gasteiger partial charge in [0.25, 0.3) is 5.69 Å². The number of hydrogen-bond acceptors (Lipinski definition) is 4. The molecule has 1 aromatic carbocycles. The number of nitrogens with zero attached hydrogens (tertiary/aromatic N) is 1. The summed E-state index contributed by atoms with van der Waals surface area (Å²) >= 11 is 0. The van der Waals surface area contributed by atoms with Gasteiger partial charge in [0, 0.05) is 6.04 Å². The summed E-state index contributed by atoms with van der Waals surface area (Å²) in [6, 6.07) is 5.22. The molecule has 1 aliphatic carbocycles. The summed E-state index contributed by atoms with van der Waals surface area (Å²) < 4.78 is 5.05. The van der Waals surface area contributed by atoms with Crippen molar-refractivity contribution in [2.24, 2.45) is 11.3 Å². The molecule has 0 aromatic heterocycles. The first kappa shape index (κ1) is 14.6. The average Bonchev–Trinajstić information content (AvgIpc) is 2.62. The van der Waals surface area contributed by atoms with Crippen LogP contribution in [-0.4, -0.2) is 18.1 Å². The van der Waals surface area contributed by atoms with Gasteiger partial charge in [-0.05, 0) is 36.3 Å². The lowest BCUT2D eigenvalue weighted by Gasteiger charge is -2.20. The SMILES string of the molecule is COc1ccc(NC2CC(C)(C)CC2C)c([N+](=O)[O-])c1. The van der Waals surface area contributed by atoms with E-state index < -0.39 is 0 Å². The number of methoxy groups -OCH3 is 1. The van der Waals surface area contributed by atoms with Crippen molar-refractivity contribution in [2.45, 2.75) is 39.7 Å². The summed E-state index contributed by atoms with van der Waals surface area (Å²) in [6.45, 7) is 6.68. The maximum atomic E-state index is 11.2.